The van der Waals surface area contributed by atoms with Gasteiger partial charge in [-0.1, -0.05) is 51.2 Å². The van der Waals surface area contributed by atoms with Gasteiger partial charge in [0.05, 0.1) is 5.69 Å². The second kappa shape index (κ2) is 11.8. The van der Waals surface area contributed by atoms with Gasteiger partial charge < -0.3 is 9.88 Å². The Hall–Kier alpha value is -2.46. The van der Waals surface area contributed by atoms with Gasteiger partial charge in [0.1, 0.15) is 16.2 Å². The second-order valence-electron chi connectivity index (χ2n) is 7.57. The summed E-state index contributed by atoms with van der Waals surface area (Å²) in [5, 5.41) is 0. The molecule has 34 heavy (non-hydrogen) atoms. The van der Waals surface area contributed by atoms with Gasteiger partial charge in [-0.25, -0.2) is 4.39 Å². The van der Waals surface area contributed by atoms with E-state index in [0.29, 0.717) is 20.0 Å². The molecule has 0 aliphatic rings. The molecule has 9 heteroatoms. The smallest absolute Gasteiger partial charge is 0.278 e. The summed E-state index contributed by atoms with van der Waals surface area (Å²) in [6.45, 7) is 12.2. The van der Waals surface area contributed by atoms with E-state index in [0.717, 1.165) is 12.1 Å². The number of aryl methyl sites for hydroxylation is 1. The van der Waals surface area contributed by atoms with Crippen molar-refractivity contribution < 1.29 is 4.39 Å². The Balaban J connectivity index is 0.000000406. The fourth-order valence-corrected chi connectivity index (χ4v) is 5.21. The highest BCUT2D eigenvalue weighted by Gasteiger charge is 2.15. The molecule has 4 aromatic rings. The monoisotopic (exact) mass is 516 g/mol. The van der Waals surface area contributed by atoms with Crippen LogP contribution in [0.3, 0.4) is 0 Å². The average molecular weight is 517 g/mol. The van der Waals surface area contributed by atoms with Gasteiger partial charge in [0.2, 0.25) is 0 Å². The molecule has 2 heterocycles. The van der Waals surface area contributed by atoms with E-state index in [1.54, 1.807) is 0 Å². The van der Waals surface area contributed by atoms with Crippen molar-refractivity contribution in [3.05, 3.63) is 79.0 Å². The molecule has 0 bridgehead atoms. The maximum Gasteiger partial charge on any atom is 0.278 e. The molecule has 0 aliphatic heterocycles. The Bertz CT molecular complexity index is 1410. The predicted octanol–water partition coefficient (Wildman–Crippen LogP) is 6.68. The number of hydrogen-bond donors (Lipinski definition) is 1. The van der Waals surface area contributed by atoms with E-state index in [1.807, 2.05) is 28.8 Å². The van der Waals surface area contributed by atoms with Gasteiger partial charge in [0.25, 0.3) is 5.56 Å². The number of aromatic amines is 1. The number of fused-ring (bicyclic) bond motifs is 1. The van der Waals surface area contributed by atoms with E-state index < -0.39 is 0 Å². The lowest BCUT2D eigenvalue weighted by molar-refractivity contribution is 0.321. The topological polar surface area (TPSA) is 46.0 Å². The minimum Gasteiger partial charge on any atom is -0.316 e. The average Bonchev–Trinajstić information content (AvgIpc) is 3.18. The Labute approximate surface area is 213 Å². The number of hydrogen-bond acceptors (Lipinski definition) is 5. The summed E-state index contributed by atoms with van der Waals surface area (Å²) in [6.07, 6.45) is 0.945. The summed E-state index contributed by atoms with van der Waals surface area (Å²) in [5.74, 6) is -0.375. The third-order valence-corrected chi connectivity index (χ3v) is 7.31. The van der Waals surface area contributed by atoms with Crippen molar-refractivity contribution in [1.82, 2.24) is 19.0 Å². The Morgan fingerprint density at radius 1 is 0.882 bits per heavy atom. The maximum absolute atomic E-state index is 13.2. The number of benzene rings is 2. The van der Waals surface area contributed by atoms with Gasteiger partial charge >= 0.3 is 0 Å². The van der Waals surface area contributed by atoms with Crippen LogP contribution in [0, 0.1) is 14.5 Å². The Kier molecular flexibility index (Phi) is 9.07. The van der Waals surface area contributed by atoms with Crippen molar-refractivity contribution in [2.24, 2.45) is 0 Å². The van der Waals surface area contributed by atoms with Crippen molar-refractivity contribution >= 4 is 46.1 Å². The van der Waals surface area contributed by atoms with E-state index in [-0.39, 0.29) is 16.1 Å². The zero-order chi connectivity index (χ0) is 24.8. The minimum absolute atomic E-state index is 0.228. The van der Waals surface area contributed by atoms with E-state index in [4.69, 9.17) is 24.4 Å². The van der Waals surface area contributed by atoms with Crippen molar-refractivity contribution in [2.45, 2.75) is 34.1 Å². The number of halogens is 1. The van der Waals surface area contributed by atoms with Gasteiger partial charge in [0.15, 0.2) is 8.73 Å². The molecule has 5 nitrogen and oxygen atoms in total. The SMILES string of the molecule is CCN(CC)CC.CCc1ccc(-n2c(=S)sc3c(=O)n(-c4ccc(F)cc4)c(=S)[nH]c32)cc1. The first-order chi connectivity index (χ1) is 16.3. The molecule has 1 N–H and O–H groups in total. The summed E-state index contributed by atoms with van der Waals surface area (Å²) in [5.41, 5.74) is 2.88. The first-order valence-corrected chi connectivity index (χ1v) is 13.0. The van der Waals surface area contributed by atoms with Gasteiger partial charge in [-0.05, 0) is 92.5 Å². The quantitative estimate of drug-likeness (QED) is 0.290. The molecule has 0 amide bonds. The van der Waals surface area contributed by atoms with Crippen LogP contribution in [0.2, 0.25) is 0 Å². The predicted molar refractivity (Wildman–Crippen MR) is 146 cm³/mol. The van der Waals surface area contributed by atoms with E-state index in [2.05, 4.69) is 37.6 Å². The highest BCUT2D eigenvalue weighted by atomic mass is 32.1. The first-order valence-electron chi connectivity index (χ1n) is 11.3. The summed E-state index contributed by atoms with van der Waals surface area (Å²) < 4.78 is 17.6. The first kappa shape index (κ1) is 26.2. The van der Waals surface area contributed by atoms with Crippen LogP contribution in [0.15, 0.2) is 53.3 Å². The minimum atomic E-state index is -0.375. The highest BCUT2D eigenvalue weighted by Crippen LogP contribution is 2.24. The summed E-state index contributed by atoms with van der Waals surface area (Å²) >= 11 is 12.1. The lowest BCUT2D eigenvalue weighted by Gasteiger charge is -2.13. The zero-order valence-corrected chi connectivity index (χ0v) is 22.2. The van der Waals surface area contributed by atoms with Crippen molar-refractivity contribution in [1.29, 1.82) is 0 Å². The fraction of sp³-hybridized carbons (Fsp3) is 0.320. The lowest BCUT2D eigenvalue weighted by atomic mass is 10.1. The number of nitrogens with one attached hydrogen (secondary N) is 1. The van der Waals surface area contributed by atoms with Gasteiger partial charge in [-0.3, -0.25) is 13.9 Å². The zero-order valence-electron chi connectivity index (χ0n) is 19.8. The summed E-state index contributed by atoms with van der Waals surface area (Å²) in [7, 11) is 0. The van der Waals surface area contributed by atoms with Crippen LogP contribution in [0.1, 0.15) is 33.3 Å². The van der Waals surface area contributed by atoms with Gasteiger partial charge in [0, 0.05) is 5.69 Å². The highest BCUT2D eigenvalue weighted by molar-refractivity contribution is 7.73. The molecule has 4 rings (SSSR count). The molecule has 0 aliphatic carbocycles. The molecule has 0 saturated carbocycles. The van der Waals surface area contributed by atoms with Crippen LogP contribution in [-0.2, 0) is 6.42 Å². The molecule has 180 valence electrons. The normalized spacial score (nSPS) is 11.0. The number of nitrogens with zero attached hydrogens (tertiary/aromatic N) is 3. The number of thiazole rings is 1. The number of aromatic nitrogens is 3. The van der Waals surface area contributed by atoms with Crippen LogP contribution in [0.4, 0.5) is 4.39 Å². The third-order valence-electron chi connectivity index (χ3n) is 5.67. The van der Waals surface area contributed by atoms with E-state index in [9.17, 15) is 9.18 Å². The number of rotatable bonds is 6. The number of H-pyrrole nitrogens is 1. The largest absolute Gasteiger partial charge is 0.316 e. The standard InChI is InChI=1S/C19H14FN3OS3.C6H15N/c1-2-11-3-7-13(8-4-11)22-16-15(27-19(22)26)17(24)23(18(25)21-16)14-9-5-12(20)6-10-14;1-4-7(5-2)6-3/h3-10H,2H2,1H3,(H,21,25);4-6H2,1-3H3. The van der Waals surface area contributed by atoms with Crippen LogP contribution < -0.4 is 5.56 Å². The van der Waals surface area contributed by atoms with Crippen LogP contribution >= 0.6 is 35.8 Å². The van der Waals surface area contributed by atoms with E-state index in [1.165, 1.54) is 65.4 Å². The van der Waals surface area contributed by atoms with Crippen LogP contribution in [0.5, 0.6) is 0 Å². The molecule has 0 radical (unpaired) electrons. The molecular weight excluding hydrogens is 488 g/mol. The second-order valence-corrected chi connectivity index (χ2v) is 9.60. The molecule has 0 spiro atoms. The Morgan fingerprint density at radius 2 is 1.41 bits per heavy atom. The van der Waals surface area contributed by atoms with E-state index >= 15 is 0 Å². The van der Waals surface area contributed by atoms with Crippen LogP contribution in [-0.4, -0.2) is 38.7 Å². The molecule has 0 atom stereocenters. The summed E-state index contributed by atoms with van der Waals surface area (Å²) in [6, 6.07) is 13.7. The van der Waals surface area contributed by atoms with Crippen LogP contribution in [0.25, 0.3) is 21.7 Å². The third kappa shape index (κ3) is 5.60. The summed E-state index contributed by atoms with van der Waals surface area (Å²) in [4.78, 5) is 18.6. The van der Waals surface area contributed by atoms with Gasteiger partial charge in [-0.2, -0.15) is 0 Å². The molecule has 2 aromatic heterocycles. The van der Waals surface area contributed by atoms with Gasteiger partial charge in [-0.15, -0.1) is 0 Å². The maximum atomic E-state index is 13.2. The molecular formula is C25H29FN4OS3. The lowest BCUT2D eigenvalue weighted by Crippen LogP contribution is -2.21. The molecule has 2 aromatic carbocycles. The fourth-order valence-electron chi connectivity index (χ4n) is 3.59. The molecule has 0 unspecified atom stereocenters. The van der Waals surface area contributed by atoms with Crippen molar-refractivity contribution in [2.75, 3.05) is 19.6 Å². The molecule has 0 fully saturated rings. The molecule has 0 saturated heterocycles. The van der Waals surface area contributed by atoms with Crippen molar-refractivity contribution in [3.8, 4) is 11.4 Å². The van der Waals surface area contributed by atoms with Crippen molar-refractivity contribution in [3.63, 3.8) is 0 Å². The Morgan fingerprint density at radius 3 is 1.91 bits per heavy atom.